The summed E-state index contributed by atoms with van der Waals surface area (Å²) in [4.78, 5) is 41.2. The second kappa shape index (κ2) is 10.1. The molecule has 0 bridgehead atoms. The Kier molecular flexibility index (Phi) is 7.27. The molecule has 2 aromatic rings. The molecule has 10 heteroatoms. The quantitative estimate of drug-likeness (QED) is 0.543. The average Bonchev–Trinajstić information content (AvgIpc) is 3.09. The molecule has 1 aliphatic heterocycles. The Balaban J connectivity index is 1.77. The lowest BCUT2D eigenvalue weighted by Crippen LogP contribution is -2.66. The average molecular weight is 545 g/mol. The van der Waals surface area contributed by atoms with Crippen LogP contribution in [0.25, 0.3) is 0 Å². The smallest absolute Gasteiger partial charge is 0.425 e. The van der Waals surface area contributed by atoms with Crippen LogP contribution in [0.4, 0.5) is 13.2 Å². The van der Waals surface area contributed by atoms with Gasteiger partial charge in [0.15, 0.2) is 17.3 Å². The van der Waals surface area contributed by atoms with Crippen molar-refractivity contribution in [3.63, 3.8) is 0 Å². The molecule has 1 N–H and O–H groups in total. The van der Waals surface area contributed by atoms with E-state index >= 15 is 0 Å². The number of ether oxygens (including phenoxy) is 2. The van der Waals surface area contributed by atoms with Gasteiger partial charge in [0.2, 0.25) is 5.54 Å². The second-order valence-electron chi connectivity index (χ2n) is 10.7. The summed E-state index contributed by atoms with van der Waals surface area (Å²) in [5.41, 5.74) is -3.38. The normalized spacial score (nSPS) is 20.7. The van der Waals surface area contributed by atoms with Gasteiger partial charge in [-0.1, -0.05) is 37.6 Å². The molecule has 0 saturated carbocycles. The topological polar surface area (TPSA) is 84.9 Å². The van der Waals surface area contributed by atoms with Crippen LogP contribution in [0.2, 0.25) is 0 Å². The fourth-order valence-corrected chi connectivity index (χ4v) is 5.29. The summed E-state index contributed by atoms with van der Waals surface area (Å²) in [7, 11) is 2.95. The number of ketones is 1. The predicted octanol–water partition coefficient (Wildman–Crippen LogP) is 4.77. The van der Waals surface area contributed by atoms with Gasteiger partial charge in [-0.25, -0.2) is 0 Å². The number of benzene rings is 2. The third kappa shape index (κ3) is 4.99. The molecule has 0 fully saturated rings. The SMILES string of the molecule is COc1ccc(CCN2C(=O)[C@@](NC(=O)c3ccc(C)cc3)(C(F)(F)F)C3=C2CC(C)(C)CC3=O)cc1OC. The number of aryl methyl sites for hydroxylation is 1. The summed E-state index contributed by atoms with van der Waals surface area (Å²) in [5, 5.41) is 1.97. The maximum atomic E-state index is 15.0. The van der Waals surface area contributed by atoms with Gasteiger partial charge >= 0.3 is 6.18 Å². The minimum atomic E-state index is -5.26. The zero-order valence-corrected chi connectivity index (χ0v) is 22.5. The van der Waals surface area contributed by atoms with Gasteiger partial charge in [0.25, 0.3) is 11.8 Å². The van der Waals surface area contributed by atoms with Crippen molar-refractivity contribution in [3.05, 3.63) is 70.4 Å². The fourth-order valence-electron chi connectivity index (χ4n) is 5.29. The first kappa shape index (κ1) is 28.2. The van der Waals surface area contributed by atoms with Crippen molar-refractivity contribution in [1.29, 1.82) is 0 Å². The van der Waals surface area contributed by atoms with Gasteiger partial charge < -0.3 is 19.7 Å². The zero-order valence-electron chi connectivity index (χ0n) is 22.5. The standard InChI is InChI=1S/C29H31F3N2O5/c1-17-6-9-19(10-7-17)25(36)33-28(29(30,31)32)24-20(15-27(2,3)16-21(24)35)34(26(28)37)13-12-18-8-11-22(38-4)23(14-18)39-5/h6-11,14H,12-13,15-16H2,1-5H3,(H,33,36)/t28-/m1/s1. The Morgan fingerprint density at radius 3 is 2.23 bits per heavy atom. The molecule has 0 radical (unpaired) electrons. The summed E-state index contributed by atoms with van der Waals surface area (Å²) in [6.45, 7) is 5.18. The number of amides is 2. The molecule has 0 unspecified atom stereocenters. The van der Waals surface area contributed by atoms with Gasteiger partial charge in [0, 0.05) is 24.2 Å². The molecule has 1 heterocycles. The molecular weight excluding hydrogens is 513 g/mol. The molecule has 1 aliphatic carbocycles. The molecule has 0 saturated heterocycles. The monoisotopic (exact) mass is 544 g/mol. The van der Waals surface area contributed by atoms with Gasteiger partial charge in [-0.3, -0.25) is 14.4 Å². The molecule has 208 valence electrons. The van der Waals surface area contributed by atoms with Crippen molar-refractivity contribution in [2.75, 3.05) is 20.8 Å². The number of Topliss-reactive ketones (excluding diaryl/α,β-unsaturated/α-hetero) is 1. The number of hydrogen-bond acceptors (Lipinski definition) is 5. The van der Waals surface area contributed by atoms with E-state index in [1.54, 1.807) is 51.1 Å². The number of alkyl halides is 3. The van der Waals surface area contributed by atoms with E-state index in [2.05, 4.69) is 0 Å². The van der Waals surface area contributed by atoms with Gasteiger partial charge in [-0.2, -0.15) is 13.2 Å². The second-order valence-corrected chi connectivity index (χ2v) is 10.7. The van der Waals surface area contributed by atoms with Crippen LogP contribution in [-0.2, 0) is 16.0 Å². The molecule has 7 nitrogen and oxygen atoms in total. The van der Waals surface area contributed by atoms with Crippen LogP contribution in [0.5, 0.6) is 11.5 Å². The van der Waals surface area contributed by atoms with Crippen LogP contribution >= 0.6 is 0 Å². The highest BCUT2D eigenvalue weighted by Crippen LogP contribution is 2.51. The molecular formula is C29H31F3N2O5. The molecule has 2 amide bonds. The van der Waals surface area contributed by atoms with Crippen molar-refractivity contribution >= 4 is 17.6 Å². The number of rotatable bonds is 7. The zero-order chi connectivity index (χ0) is 28.8. The minimum Gasteiger partial charge on any atom is -0.493 e. The highest BCUT2D eigenvalue weighted by Gasteiger charge is 2.71. The number of carbonyl (C=O) groups is 3. The highest BCUT2D eigenvalue weighted by molar-refractivity contribution is 6.14. The van der Waals surface area contributed by atoms with E-state index in [1.807, 2.05) is 5.32 Å². The number of nitrogens with zero attached hydrogens (tertiary/aromatic N) is 1. The summed E-state index contributed by atoms with van der Waals surface area (Å²) in [6.07, 6.45) is -5.19. The largest absolute Gasteiger partial charge is 0.493 e. The summed E-state index contributed by atoms with van der Waals surface area (Å²) >= 11 is 0. The Morgan fingerprint density at radius 2 is 1.64 bits per heavy atom. The third-order valence-corrected chi connectivity index (χ3v) is 7.23. The van der Waals surface area contributed by atoms with E-state index in [-0.39, 0.29) is 37.1 Å². The highest BCUT2D eigenvalue weighted by atomic mass is 19.4. The lowest BCUT2D eigenvalue weighted by molar-refractivity contribution is -0.190. The number of nitrogens with one attached hydrogen (secondary N) is 1. The van der Waals surface area contributed by atoms with Crippen molar-refractivity contribution in [2.45, 2.75) is 51.7 Å². The van der Waals surface area contributed by atoms with Crippen molar-refractivity contribution in [1.82, 2.24) is 10.2 Å². The Labute approximate surface area is 225 Å². The van der Waals surface area contributed by atoms with Crippen LogP contribution in [0, 0.1) is 12.3 Å². The Morgan fingerprint density at radius 1 is 1.00 bits per heavy atom. The Hall–Kier alpha value is -3.82. The van der Waals surface area contributed by atoms with E-state index in [9.17, 15) is 27.6 Å². The number of hydrogen-bond donors (Lipinski definition) is 1. The summed E-state index contributed by atoms with van der Waals surface area (Å²) in [5.74, 6) is -2.35. The van der Waals surface area contributed by atoms with Crippen molar-refractivity contribution in [2.24, 2.45) is 5.41 Å². The Bertz CT molecular complexity index is 1350. The molecule has 1 atom stereocenters. The number of halogens is 3. The van der Waals surface area contributed by atoms with Crippen LogP contribution in [-0.4, -0.2) is 55.0 Å². The first-order valence-corrected chi connectivity index (χ1v) is 12.5. The molecule has 2 aromatic carbocycles. The van der Waals surface area contributed by atoms with Gasteiger partial charge in [0.05, 0.1) is 19.8 Å². The first-order chi connectivity index (χ1) is 18.2. The van der Waals surface area contributed by atoms with Crippen molar-refractivity contribution < 1.29 is 37.0 Å². The summed E-state index contributed by atoms with van der Waals surface area (Å²) < 4.78 is 55.5. The van der Waals surface area contributed by atoms with E-state index in [0.29, 0.717) is 17.1 Å². The van der Waals surface area contributed by atoms with Crippen molar-refractivity contribution in [3.8, 4) is 11.5 Å². The van der Waals surface area contributed by atoms with Crippen LogP contribution in [0.3, 0.4) is 0 Å². The first-order valence-electron chi connectivity index (χ1n) is 12.5. The van der Waals surface area contributed by atoms with Gasteiger partial charge in [-0.05, 0) is 55.0 Å². The van der Waals surface area contributed by atoms with E-state index in [1.165, 1.54) is 26.4 Å². The van der Waals surface area contributed by atoms with E-state index in [0.717, 1.165) is 10.5 Å². The molecule has 0 spiro atoms. The maximum Gasteiger partial charge on any atom is 0.425 e. The molecule has 2 aliphatic rings. The van der Waals surface area contributed by atoms with E-state index < -0.39 is 40.3 Å². The van der Waals surface area contributed by atoms with E-state index in [4.69, 9.17) is 9.47 Å². The number of methoxy groups -OCH3 is 2. The number of carbonyl (C=O) groups excluding carboxylic acids is 3. The summed E-state index contributed by atoms with van der Waals surface area (Å²) in [6, 6.07) is 11.0. The van der Waals surface area contributed by atoms with Crippen LogP contribution in [0.1, 0.15) is 48.2 Å². The molecule has 0 aromatic heterocycles. The van der Waals surface area contributed by atoms with Gasteiger partial charge in [0.1, 0.15) is 0 Å². The predicted molar refractivity (Wildman–Crippen MR) is 137 cm³/mol. The lowest BCUT2D eigenvalue weighted by atomic mass is 9.72. The van der Waals surface area contributed by atoms with Crippen LogP contribution in [0.15, 0.2) is 53.7 Å². The lowest BCUT2D eigenvalue weighted by Gasteiger charge is -2.35. The maximum absolute atomic E-state index is 15.0. The van der Waals surface area contributed by atoms with Crippen LogP contribution < -0.4 is 14.8 Å². The third-order valence-electron chi connectivity index (χ3n) is 7.23. The minimum absolute atomic E-state index is 0.00302. The van der Waals surface area contributed by atoms with Gasteiger partial charge in [-0.15, -0.1) is 0 Å². The molecule has 4 rings (SSSR count). The molecule has 39 heavy (non-hydrogen) atoms. The fraction of sp³-hybridized carbons (Fsp3) is 0.414. The number of allylic oxidation sites excluding steroid dienone is 1.